The molecule has 0 amide bonds. The average molecular weight is 162 g/mol. The van der Waals surface area contributed by atoms with Crippen molar-refractivity contribution < 1.29 is 4.74 Å². The molecule has 0 N–H and O–H groups in total. The Hall–Kier alpha value is -0.980. The highest BCUT2D eigenvalue weighted by molar-refractivity contribution is 5.39. The van der Waals surface area contributed by atoms with Crippen molar-refractivity contribution in [2.24, 2.45) is 5.92 Å². The Balaban J connectivity index is 2.29. The van der Waals surface area contributed by atoms with Gasteiger partial charge in [0.05, 0.1) is 7.11 Å². The van der Waals surface area contributed by atoms with Gasteiger partial charge < -0.3 is 4.74 Å². The first-order chi connectivity index (χ1) is 5.83. The molecule has 2 rings (SSSR count). The molecule has 0 aromatic heterocycles. The van der Waals surface area contributed by atoms with Crippen LogP contribution in [0, 0.1) is 5.92 Å². The minimum atomic E-state index is 0.751. The molecule has 1 aromatic carbocycles. The fourth-order valence-electron chi connectivity index (χ4n) is 1.73. The van der Waals surface area contributed by atoms with Crippen molar-refractivity contribution >= 4 is 0 Å². The number of para-hydroxylation sites is 1. The van der Waals surface area contributed by atoms with Gasteiger partial charge >= 0.3 is 0 Å². The highest BCUT2D eigenvalue weighted by Gasteiger charge is 2.35. The molecule has 1 heteroatoms. The van der Waals surface area contributed by atoms with Gasteiger partial charge in [-0.05, 0) is 29.9 Å². The van der Waals surface area contributed by atoms with Gasteiger partial charge in [0, 0.05) is 0 Å². The standard InChI is InChI=1S/C11H14O/c1-8-7-10(8)9-5-3-4-6-11(9)12-2/h3-6,8,10H,7H2,1-2H3. The lowest BCUT2D eigenvalue weighted by Gasteiger charge is -2.06. The minimum Gasteiger partial charge on any atom is -0.496 e. The van der Waals surface area contributed by atoms with Gasteiger partial charge in [0.2, 0.25) is 0 Å². The van der Waals surface area contributed by atoms with Crippen LogP contribution in [0.1, 0.15) is 24.8 Å². The van der Waals surface area contributed by atoms with E-state index in [0.717, 1.165) is 17.6 Å². The fourth-order valence-corrected chi connectivity index (χ4v) is 1.73. The molecule has 1 nitrogen and oxygen atoms in total. The smallest absolute Gasteiger partial charge is 0.122 e. The van der Waals surface area contributed by atoms with Crippen molar-refractivity contribution in [3.8, 4) is 5.75 Å². The van der Waals surface area contributed by atoms with Crippen LogP contribution in [0.15, 0.2) is 24.3 Å². The zero-order valence-electron chi connectivity index (χ0n) is 7.58. The first-order valence-corrected chi connectivity index (χ1v) is 4.46. The molecule has 12 heavy (non-hydrogen) atoms. The van der Waals surface area contributed by atoms with Crippen molar-refractivity contribution in [1.29, 1.82) is 0 Å². The molecule has 0 heterocycles. The van der Waals surface area contributed by atoms with E-state index in [0.29, 0.717) is 0 Å². The maximum absolute atomic E-state index is 5.29. The Morgan fingerprint density at radius 2 is 2.00 bits per heavy atom. The number of ether oxygens (including phenoxy) is 1. The molecular formula is C11H14O. The summed E-state index contributed by atoms with van der Waals surface area (Å²) in [5.74, 6) is 2.65. The Morgan fingerprint density at radius 1 is 1.33 bits per heavy atom. The molecule has 2 unspecified atom stereocenters. The number of hydrogen-bond donors (Lipinski definition) is 0. The highest BCUT2D eigenvalue weighted by Crippen LogP contribution is 2.49. The average Bonchev–Trinajstić information content (AvgIpc) is 2.83. The number of rotatable bonds is 2. The highest BCUT2D eigenvalue weighted by atomic mass is 16.5. The predicted octanol–water partition coefficient (Wildman–Crippen LogP) is 2.82. The molecule has 0 bridgehead atoms. The molecule has 2 atom stereocenters. The Bertz CT molecular complexity index is 280. The Kier molecular flexibility index (Phi) is 1.80. The van der Waals surface area contributed by atoms with Gasteiger partial charge in [-0.15, -0.1) is 0 Å². The van der Waals surface area contributed by atoms with Crippen molar-refractivity contribution in [2.45, 2.75) is 19.3 Å². The van der Waals surface area contributed by atoms with Gasteiger partial charge in [-0.3, -0.25) is 0 Å². The topological polar surface area (TPSA) is 9.23 Å². The van der Waals surface area contributed by atoms with Crippen molar-refractivity contribution in [2.75, 3.05) is 7.11 Å². The van der Waals surface area contributed by atoms with Gasteiger partial charge in [0.1, 0.15) is 5.75 Å². The summed E-state index contributed by atoms with van der Waals surface area (Å²) in [5, 5.41) is 0. The molecular weight excluding hydrogens is 148 g/mol. The van der Waals surface area contributed by atoms with Crippen LogP contribution in [0.2, 0.25) is 0 Å². The third kappa shape index (κ3) is 1.20. The second-order valence-electron chi connectivity index (χ2n) is 3.56. The molecule has 0 saturated heterocycles. The summed E-state index contributed by atoms with van der Waals surface area (Å²) in [5.41, 5.74) is 1.38. The van der Waals surface area contributed by atoms with E-state index < -0.39 is 0 Å². The Labute approximate surface area is 73.4 Å². The van der Waals surface area contributed by atoms with Crippen LogP contribution < -0.4 is 4.74 Å². The van der Waals surface area contributed by atoms with Crippen LogP contribution in [0.5, 0.6) is 5.75 Å². The van der Waals surface area contributed by atoms with E-state index in [4.69, 9.17) is 4.74 Å². The van der Waals surface area contributed by atoms with Gasteiger partial charge in [-0.25, -0.2) is 0 Å². The minimum absolute atomic E-state index is 0.751. The molecule has 1 aromatic rings. The third-order valence-corrected chi connectivity index (χ3v) is 2.65. The van der Waals surface area contributed by atoms with Gasteiger partial charge in [0.25, 0.3) is 0 Å². The monoisotopic (exact) mass is 162 g/mol. The van der Waals surface area contributed by atoms with Crippen LogP contribution in [0.4, 0.5) is 0 Å². The second-order valence-corrected chi connectivity index (χ2v) is 3.56. The summed E-state index contributed by atoms with van der Waals surface area (Å²) < 4.78 is 5.29. The lowest BCUT2D eigenvalue weighted by atomic mass is 10.1. The predicted molar refractivity (Wildman–Crippen MR) is 49.5 cm³/mol. The van der Waals surface area contributed by atoms with E-state index in [9.17, 15) is 0 Å². The lowest BCUT2D eigenvalue weighted by molar-refractivity contribution is 0.409. The van der Waals surface area contributed by atoms with E-state index in [1.165, 1.54) is 12.0 Å². The second kappa shape index (κ2) is 2.81. The summed E-state index contributed by atoms with van der Waals surface area (Å²) in [6, 6.07) is 8.33. The summed E-state index contributed by atoms with van der Waals surface area (Å²) in [7, 11) is 1.74. The maximum Gasteiger partial charge on any atom is 0.122 e. The van der Waals surface area contributed by atoms with Crippen LogP contribution in [-0.2, 0) is 0 Å². The van der Waals surface area contributed by atoms with Crippen LogP contribution in [-0.4, -0.2) is 7.11 Å². The van der Waals surface area contributed by atoms with Gasteiger partial charge in [-0.2, -0.15) is 0 Å². The van der Waals surface area contributed by atoms with Gasteiger partial charge in [0.15, 0.2) is 0 Å². The normalized spacial score (nSPS) is 26.8. The first kappa shape index (κ1) is 7.66. The largest absolute Gasteiger partial charge is 0.496 e. The number of benzene rings is 1. The molecule has 0 spiro atoms. The van der Waals surface area contributed by atoms with Crippen LogP contribution in [0.25, 0.3) is 0 Å². The lowest BCUT2D eigenvalue weighted by Crippen LogP contribution is -1.89. The third-order valence-electron chi connectivity index (χ3n) is 2.65. The zero-order chi connectivity index (χ0) is 8.55. The fraction of sp³-hybridized carbons (Fsp3) is 0.455. The summed E-state index contributed by atoms with van der Waals surface area (Å²) in [4.78, 5) is 0. The molecule has 64 valence electrons. The molecule has 1 aliphatic rings. The van der Waals surface area contributed by atoms with Gasteiger partial charge in [-0.1, -0.05) is 25.1 Å². The maximum atomic E-state index is 5.29. The zero-order valence-corrected chi connectivity index (χ0v) is 7.58. The molecule has 1 saturated carbocycles. The van der Waals surface area contributed by atoms with Crippen LogP contribution >= 0.6 is 0 Å². The molecule has 0 aliphatic heterocycles. The van der Waals surface area contributed by atoms with E-state index >= 15 is 0 Å². The van der Waals surface area contributed by atoms with Crippen LogP contribution in [0.3, 0.4) is 0 Å². The van der Waals surface area contributed by atoms with Crippen molar-refractivity contribution in [1.82, 2.24) is 0 Å². The van der Waals surface area contributed by atoms with E-state index in [1.807, 2.05) is 12.1 Å². The van der Waals surface area contributed by atoms with E-state index in [2.05, 4.69) is 19.1 Å². The summed E-state index contributed by atoms with van der Waals surface area (Å²) in [6.07, 6.45) is 1.32. The van der Waals surface area contributed by atoms with E-state index in [-0.39, 0.29) is 0 Å². The molecule has 0 radical (unpaired) electrons. The first-order valence-electron chi connectivity index (χ1n) is 4.46. The SMILES string of the molecule is COc1ccccc1C1CC1C. The summed E-state index contributed by atoms with van der Waals surface area (Å²) >= 11 is 0. The molecule has 1 fully saturated rings. The quantitative estimate of drug-likeness (QED) is 0.649. The molecule has 1 aliphatic carbocycles. The number of methoxy groups -OCH3 is 1. The number of hydrogen-bond acceptors (Lipinski definition) is 1. The van der Waals surface area contributed by atoms with Crippen molar-refractivity contribution in [3.05, 3.63) is 29.8 Å². The Morgan fingerprint density at radius 3 is 2.58 bits per heavy atom. The summed E-state index contributed by atoms with van der Waals surface area (Å²) in [6.45, 7) is 2.29. The van der Waals surface area contributed by atoms with Crippen molar-refractivity contribution in [3.63, 3.8) is 0 Å². The van der Waals surface area contributed by atoms with E-state index in [1.54, 1.807) is 7.11 Å².